The first-order valence-electron chi connectivity index (χ1n) is 6.13. The van der Waals surface area contributed by atoms with Gasteiger partial charge in [0.25, 0.3) is 0 Å². The zero-order valence-corrected chi connectivity index (χ0v) is 10.9. The molecule has 4 heteroatoms. The highest BCUT2D eigenvalue weighted by molar-refractivity contribution is 6.32. The Balaban J connectivity index is 2.04. The second-order valence-corrected chi connectivity index (χ2v) is 4.90. The van der Waals surface area contributed by atoms with Crippen molar-refractivity contribution in [2.75, 3.05) is 19.6 Å². The monoisotopic (exact) mass is 254 g/mol. The van der Waals surface area contributed by atoms with Crippen LogP contribution in [0.4, 0.5) is 0 Å². The Kier molecular flexibility index (Phi) is 4.26. The third-order valence-corrected chi connectivity index (χ3v) is 3.66. The molecule has 0 aromatic heterocycles. The lowest BCUT2D eigenvalue weighted by molar-refractivity contribution is 0.210. The fourth-order valence-corrected chi connectivity index (χ4v) is 2.54. The van der Waals surface area contributed by atoms with Gasteiger partial charge in [-0.2, -0.15) is 0 Å². The average molecular weight is 255 g/mol. The van der Waals surface area contributed by atoms with Gasteiger partial charge in [-0.1, -0.05) is 24.6 Å². The smallest absolute Gasteiger partial charge is 0.134 e. The number of aromatic hydroxyl groups is 1. The molecule has 17 heavy (non-hydrogen) atoms. The van der Waals surface area contributed by atoms with E-state index in [1.807, 2.05) is 12.1 Å². The van der Waals surface area contributed by atoms with E-state index in [-0.39, 0.29) is 5.75 Å². The van der Waals surface area contributed by atoms with Gasteiger partial charge in [-0.15, -0.1) is 0 Å². The lowest BCUT2D eigenvalue weighted by Crippen LogP contribution is -2.36. The summed E-state index contributed by atoms with van der Waals surface area (Å²) in [6.45, 7) is 6.28. The predicted molar refractivity (Wildman–Crippen MR) is 70.5 cm³/mol. The molecule has 1 unspecified atom stereocenters. The van der Waals surface area contributed by atoms with Gasteiger partial charge < -0.3 is 10.4 Å². The van der Waals surface area contributed by atoms with E-state index in [1.165, 1.54) is 6.42 Å². The Hall–Kier alpha value is -0.770. The Morgan fingerprint density at radius 3 is 2.94 bits per heavy atom. The van der Waals surface area contributed by atoms with E-state index < -0.39 is 0 Å². The number of phenols is 1. The first-order valence-corrected chi connectivity index (χ1v) is 6.50. The van der Waals surface area contributed by atoms with Crippen LogP contribution in [-0.2, 0) is 6.54 Å². The summed E-state index contributed by atoms with van der Waals surface area (Å²) in [6, 6.07) is 6.07. The van der Waals surface area contributed by atoms with Crippen LogP contribution < -0.4 is 5.32 Å². The van der Waals surface area contributed by atoms with Crippen molar-refractivity contribution in [3.05, 3.63) is 28.8 Å². The minimum Gasteiger partial charge on any atom is -0.506 e. The molecular formula is C13H19ClN2O. The highest BCUT2D eigenvalue weighted by Crippen LogP contribution is 2.24. The zero-order chi connectivity index (χ0) is 12.3. The van der Waals surface area contributed by atoms with Gasteiger partial charge in [0.15, 0.2) is 0 Å². The van der Waals surface area contributed by atoms with E-state index in [1.54, 1.807) is 6.07 Å². The van der Waals surface area contributed by atoms with Crippen molar-refractivity contribution >= 4 is 11.6 Å². The molecule has 1 heterocycles. The molecule has 1 saturated heterocycles. The van der Waals surface area contributed by atoms with Crippen LogP contribution >= 0.6 is 11.6 Å². The first-order chi connectivity index (χ1) is 8.20. The van der Waals surface area contributed by atoms with Crippen molar-refractivity contribution in [1.82, 2.24) is 10.2 Å². The third-order valence-electron chi connectivity index (χ3n) is 3.35. The molecule has 1 fully saturated rings. The molecule has 94 valence electrons. The van der Waals surface area contributed by atoms with Crippen LogP contribution in [-0.4, -0.2) is 35.7 Å². The number of halogens is 1. The van der Waals surface area contributed by atoms with Crippen LogP contribution in [0.1, 0.15) is 18.9 Å². The highest BCUT2D eigenvalue weighted by atomic mass is 35.5. The summed E-state index contributed by atoms with van der Waals surface area (Å²) in [5.41, 5.74) is 1.15. The SMILES string of the molecule is CCN(Cc1ccc(O)c(Cl)c1)C1CCNC1. The fourth-order valence-electron chi connectivity index (χ4n) is 2.33. The summed E-state index contributed by atoms with van der Waals surface area (Å²) >= 11 is 5.92. The number of nitrogens with one attached hydrogen (secondary N) is 1. The van der Waals surface area contributed by atoms with Crippen molar-refractivity contribution < 1.29 is 5.11 Å². The maximum Gasteiger partial charge on any atom is 0.134 e. The Labute approximate surface area is 107 Å². The number of hydrogen-bond acceptors (Lipinski definition) is 3. The third kappa shape index (κ3) is 3.12. The molecule has 1 aliphatic heterocycles. The molecule has 0 amide bonds. The van der Waals surface area contributed by atoms with Crippen LogP contribution in [0.3, 0.4) is 0 Å². The standard InChI is InChI=1S/C13H19ClN2O/c1-2-16(11-5-6-15-8-11)9-10-3-4-13(17)12(14)7-10/h3-4,7,11,15,17H,2,5-6,8-9H2,1H3. The van der Waals surface area contributed by atoms with E-state index in [2.05, 4.69) is 17.1 Å². The summed E-state index contributed by atoms with van der Waals surface area (Å²) < 4.78 is 0. The Bertz CT molecular complexity index is 378. The van der Waals surface area contributed by atoms with Crippen molar-refractivity contribution in [3.8, 4) is 5.75 Å². The van der Waals surface area contributed by atoms with Crippen molar-refractivity contribution in [3.63, 3.8) is 0 Å². The van der Waals surface area contributed by atoms with E-state index in [9.17, 15) is 5.11 Å². The fraction of sp³-hybridized carbons (Fsp3) is 0.538. The summed E-state index contributed by atoms with van der Waals surface area (Å²) in [4.78, 5) is 2.45. The maximum atomic E-state index is 9.39. The number of phenolic OH excluding ortho intramolecular Hbond substituents is 1. The molecule has 0 saturated carbocycles. The van der Waals surface area contributed by atoms with E-state index in [4.69, 9.17) is 11.6 Å². The molecule has 1 aromatic rings. The number of likely N-dealkylation sites (N-methyl/N-ethyl adjacent to an activating group) is 1. The lowest BCUT2D eigenvalue weighted by atomic mass is 10.1. The molecule has 0 radical (unpaired) electrons. The molecule has 1 aliphatic rings. The largest absolute Gasteiger partial charge is 0.506 e. The van der Waals surface area contributed by atoms with Gasteiger partial charge in [-0.05, 0) is 37.2 Å². The Morgan fingerprint density at radius 2 is 2.35 bits per heavy atom. The molecule has 1 aromatic carbocycles. The minimum absolute atomic E-state index is 0.154. The van der Waals surface area contributed by atoms with Crippen molar-refractivity contribution in [1.29, 1.82) is 0 Å². The zero-order valence-electron chi connectivity index (χ0n) is 10.1. The molecule has 2 N–H and O–H groups in total. The predicted octanol–water partition coefficient (Wildman–Crippen LogP) is 2.23. The Morgan fingerprint density at radius 1 is 1.53 bits per heavy atom. The van der Waals surface area contributed by atoms with Crippen LogP contribution in [0, 0.1) is 0 Å². The second-order valence-electron chi connectivity index (χ2n) is 4.50. The van der Waals surface area contributed by atoms with E-state index in [0.29, 0.717) is 11.1 Å². The van der Waals surface area contributed by atoms with Gasteiger partial charge >= 0.3 is 0 Å². The minimum atomic E-state index is 0.154. The number of rotatable bonds is 4. The number of benzene rings is 1. The van der Waals surface area contributed by atoms with E-state index >= 15 is 0 Å². The van der Waals surface area contributed by atoms with Crippen molar-refractivity contribution in [2.24, 2.45) is 0 Å². The molecule has 0 spiro atoms. The van der Waals surface area contributed by atoms with Crippen LogP contribution in [0.15, 0.2) is 18.2 Å². The highest BCUT2D eigenvalue weighted by Gasteiger charge is 2.21. The summed E-state index contributed by atoms with van der Waals surface area (Å²) in [6.07, 6.45) is 1.21. The van der Waals surface area contributed by atoms with E-state index in [0.717, 1.165) is 31.7 Å². The van der Waals surface area contributed by atoms with Gasteiger partial charge in [0.2, 0.25) is 0 Å². The van der Waals surface area contributed by atoms with Gasteiger partial charge in [0.05, 0.1) is 5.02 Å². The lowest BCUT2D eigenvalue weighted by Gasteiger charge is -2.27. The van der Waals surface area contributed by atoms with Crippen molar-refractivity contribution in [2.45, 2.75) is 25.9 Å². The number of nitrogens with zero attached hydrogens (tertiary/aromatic N) is 1. The molecule has 3 nitrogen and oxygen atoms in total. The quantitative estimate of drug-likeness (QED) is 0.865. The summed E-state index contributed by atoms with van der Waals surface area (Å²) in [7, 11) is 0. The van der Waals surface area contributed by atoms with Gasteiger partial charge in [0.1, 0.15) is 5.75 Å². The van der Waals surface area contributed by atoms with Gasteiger partial charge in [-0.3, -0.25) is 4.90 Å². The average Bonchev–Trinajstić information content (AvgIpc) is 2.84. The summed E-state index contributed by atoms with van der Waals surface area (Å²) in [5.74, 6) is 0.154. The molecule has 0 bridgehead atoms. The molecule has 2 rings (SSSR count). The molecule has 1 atom stereocenters. The van der Waals surface area contributed by atoms with Gasteiger partial charge in [0, 0.05) is 19.1 Å². The maximum absolute atomic E-state index is 9.39. The molecular weight excluding hydrogens is 236 g/mol. The summed E-state index contributed by atoms with van der Waals surface area (Å²) in [5, 5.41) is 13.2. The van der Waals surface area contributed by atoms with Crippen LogP contribution in [0.25, 0.3) is 0 Å². The van der Waals surface area contributed by atoms with Crippen LogP contribution in [0.5, 0.6) is 5.75 Å². The first kappa shape index (κ1) is 12.7. The topological polar surface area (TPSA) is 35.5 Å². The molecule has 0 aliphatic carbocycles. The number of hydrogen-bond donors (Lipinski definition) is 2. The van der Waals surface area contributed by atoms with Gasteiger partial charge in [-0.25, -0.2) is 0 Å². The second kappa shape index (κ2) is 5.71. The van der Waals surface area contributed by atoms with Crippen LogP contribution in [0.2, 0.25) is 5.02 Å². The normalized spacial score (nSPS) is 20.1.